The summed E-state index contributed by atoms with van der Waals surface area (Å²) in [5.74, 6) is 1.54. The van der Waals surface area contributed by atoms with E-state index in [0.717, 1.165) is 24.8 Å². The Hall–Kier alpha value is -0.120. The molecule has 0 aromatic carbocycles. The summed E-state index contributed by atoms with van der Waals surface area (Å²) < 4.78 is 0. The van der Waals surface area contributed by atoms with Gasteiger partial charge in [-0.2, -0.15) is 0 Å². The van der Waals surface area contributed by atoms with Crippen molar-refractivity contribution in [3.05, 3.63) is 0 Å². The Bertz CT molecular complexity index is 331. The fourth-order valence-electron chi connectivity index (χ4n) is 4.32. The number of rotatable bonds is 5. The van der Waals surface area contributed by atoms with Gasteiger partial charge in [-0.05, 0) is 63.6 Å². The van der Waals surface area contributed by atoms with Gasteiger partial charge in [0.1, 0.15) is 0 Å². The lowest BCUT2D eigenvalue weighted by Crippen LogP contribution is -2.49. The smallest absolute Gasteiger partial charge is 0.0695 e. The number of likely N-dealkylation sites (tertiary alicyclic amines) is 1. The van der Waals surface area contributed by atoms with Crippen LogP contribution >= 0.6 is 0 Å². The van der Waals surface area contributed by atoms with Crippen LogP contribution in [-0.2, 0) is 0 Å². The van der Waals surface area contributed by atoms with Crippen LogP contribution in [0.4, 0.5) is 0 Å². The summed E-state index contributed by atoms with van der Waals surface area (Å²) in [6.45, 7) is 10.7. The average molecular weight is 296 g/mol. The van der Waals surface area contributed by atoms with Crippen molar-refractivity contribution in [1.29, 1.82) is 0 Å². The molecule has 0 aromatic rings. The molecule has 21 heavy (non-hydrogen) atoms. The van der Waals surface area contributed by atoms with Crippen molar-refractivity contribution in [2.75, 3.05) is 33.7 Å². The topological polar surface area (TPSA) is 26.7 Å². The predicted molar refractivity (Wildman–Crippen MR) is 89.4 cm³/mol. The molecular formula is C18H36N2O. The number of nitrogens with zero attached hydrogens (tertiary/aromatic N) is 2. The lowest BCUT2D eigenvalue weighted by atomic mass is 9.67. The summed E-state index contributed by atoms with van der Waals surface area (Å²) in [7, 11) is 4.45. The molecule has 1 N–H and O–H groups in total. The Morgan fingerprint density at radius 3 is 2.52 bits per heavy atom. The Balaban J connectivity index is 1.93. The average Bonchev–Trinajstić information content (AvgIpc) is 2.84. The van der Waals surface area contributed by atoms with Gasteiger partial charge in [-0.15, -0.1) is 0 Å². The van der Waals surface area contributed by atoms with Crippen LogP contribution in [0.25, 0.3) is 0 Å². The molecule has 2 aliphatic rings. The Morgan fingerprint density at radius 1 is 1.24 bits per heavy atom. The minimum Gasteiger partial charge on any atom is -0.391 e. The first-order valence-corrected chi connectivity index (χ1v) is 8.90. The summed E-state index contributed by atoms with van der Waals surface area (Å²) >= 11 is 0. The summed E-state index contributed by atoms with van der Waals surface area (Å²) in [5.41, 5.74) is 0.410. The van der Waals surface area contributed by atoms with Gasteiger partial charge >= 0.3 is 0 Å². The van der Waals surface area contributed by atoms with Gasteiger partial charge in [0.15, 0.2) is 0 Å². The van der Waals surface area contributed by atoms with Gasteiger partial charge < -0.3 is 14.9 Å². The quantitative estimate of drug-likeness (QED) is 0.845. The van der Waals surface area contributed by atoms with E-state index in [1.165, 1.54) is 38.8 Å². The van der Waals surface area contributed by atoms with Crippen LogP contribution in [0, 0.1) is 17.3 Å². The molecule has 3 nitrogen and oxygen atoms in total. The van der Waals surface area contributed by atoms with E-state index in [-0.39, 0.29) is 6.10 Å². The zero-order valence-electron chi connectivity index (χ0n) is 14.8. The lowest BCUT2D eigenvalue weighted by Gasteiger charge is -2.45. The maximum Gasteiger partial charge on any atom is 0.0695 e. The number of aliphatic hydroxyl groups excluding tert-OH is 1. The molecule has 124 valence electrons. The molecular weight excluding hydrogens is 260 g/mol. The fraction of sp³-hybridized carbons (Fsp3) is 1.00. The number of aliphatic hydroxyl groups is 1. The molecule has 4 atom stereocenters. The molecule has 0 radical (unpaired) electrons. The third-order valence-corrected chi connectivity index (χ3v) is 6.40. The van der Waals surface area contributed by atoms with Crippen molar-refractivity contribution < 1.29 is 5.11 Å². The zero-order valence-corrected chi connectivity index (χ0v) is 14.8. The van der Waals surface area contributed by atoms with E-state index in [0.29, 0.717) is 11.5 Å². The highest BCUT2D eigenvalue weighted by molar-refractivity contribution is 4.91. The predicted octanol–water partition coefficient (Wildman–Crippen LogP) is 2.84. The standard InChI is InChI=1S/C18H36N2O/c1-6-18(2,3)15-7-8-17(21)16(11-15)20(5)13-14-9-10-19(4)12-14/h14-17,21H,6-13H2,1-5H3. The maximum atomic E-state index is 10.5. The van der Waals surface area contributed by atoms with Crippen molar-refractivity contribution in [3.63, 3.8) is 0 Å². The third-order valence-electron chi connectivity index (χ3n) is 6.40. The van der Waals surface area contributed by atoms with Crippen LogP contribution in [-0.4, -0.2) is 60.8 Å². The lowest BCUT2D eigenvalue weighted by molar-refractivity contribution is -0.0157. The van der Waals surface area contributed by atoms with E-state index in [9.17, 15) is 5.11 Å². The van der Waals surface area contributed by atoms with Gasteiger partial charge in [0.05, 0.1) is 6.10 Å². The Morgan fingerprint density at radius 2 is 1.95 bits per heavy atom. The summed E-state index contributed by atoms with van der Waals surface area (Å²) in [6.07, 6.45) is 5.76. The SMILES string of the molecule is CCC(C)(C)C1CCC(O)C(N(C)CC2CCN(C)C2)C1. The highest BCUT2D eigenvalue weighted by Gasteiger charge is 2.38. The molecule has 0 spiro atoms. The molecule has 0 amide bonds. The van der Waals surface area contributed by atoms with Gasteiger partial charge in [-0.1, -0.05) is 27.2 Å². The molecule has 0 aromatic heterocycles. The van der Waals surface area contributed by atoms with E-state index in [1.54, 1.807) is 0 Å². The van der Waals surface area contributed by atoms with Crippen molar-refractivity contribution >= 4 is 0 Å². The van der Waals surface area contributed by atoms with Gasteiger partial charge in [-0.25, -0.2) is 0 Å². The first-order chi connectivity index (χ1) is 9.83. The fourth-order valence-corrected chi connectivity index (χ4v) is 4.32. The molecule has 4 unspecified atom stereocenters. The number of hydrogen-bond acceptors (Lipinski definition) is 3. The highest BCUT2D eigenvalue weighted by Crippen LogP contribution is 2.41. The maximum absolute atomic E-state index is 10.5. The molecule has 2 fully saturated rings. The molecule has 1 aliphatic carbocycles. The minimum atomic E-state index is -0.127. The van der Waals surface area contributed by atoms with Crippen molar-refractivity contribution in [3.8, 4) is 0 Å². The van der Waals surface area contributed by atoms with Crippen LogP contribution in [0.3, 0.4) is 0 Å². The van der Waals surface area contributed by atoms with Crippen molar-refractivity contribution in [2.24, 2.45) is 17.3 Å². The monoisotopic (exact) mass is 296 g/mol. The molecule has 0 bridgehead atoms. The largest absolute Gasteiger partial charge is 0.391 e. The Labute approximate surface area is 131 Å². The summed E-state index contributed by atoms with van der Waals surface area (Å²) in [4.78, 5) is 4.89. The van der Waals surface area contributed by atoms with Crippen LogP contribution in [0.5, 0.6) is 0 Å². The molecule has 1 heterocycles. The van der Waals surface area contributed by atoms with E-state index in [4.69, 9.17) is 0 Å². The van der Waals surface area contributed by atoms with Crippen LogP contribution in [0.1, 0.15) is 52.9 Å². The first-order valence-electron chi connectivity index (χ1n) is 8.90. The normalized spacial score (nSPS) is 35.6. The highest BCUT2D eigenvalue weighted by atomic mass is 16.3. The zero-order chi connectivity index (χ0) is 15.6. The van der Waals surface area contributed by atoms with E-state index in [2.05, 4.69) is 44.7 Å². The molecule has 1 aliphatic heterocycles. The van der Waals surface area contributed by atoms with E-state index < -0.39 is 0 Å². The second kappa shape index (κ2) is 6.97. The van der Waals surface area contributed by atoms with Crippen LogP contribution in [0.2, 0.25) is 0 Å². The minimum absolute atomic E-state index is 0.127. The van der Waals surface area contributed by atoms with Crippen LogP contribution in [0.15, 0.2) is 0 Å². The van der Waals surface area contributed by atoms with Crippen LogP contribution < -0.4 is 0 Å². The third kappa shape index (κ3) is 4.20. The molecule has 1 saturated carbocycles. The molecule has 2 rings (SSSR count). The second-order valence-electron chi connectivity index (χ2n) is 8.34. The number of hydrogen-bond donors (Lipinski definition) is 1. The first kappa shape index (κ1) is 17.2. The molecule has 3 heteroatoms. The summed E-state index contributed by atoms with van der Waals surface area (Å²) in [5, 5.41) is 10.5. The second-order valence-corrected chi connectivity index (χ2v) is 8.34. The van der Waals surface area contributed by atoms with Gasteiger partial charge in [0, 0.05) is 19.1 Å². The van der Waals surface area contributed by atoms with Gasteiger partial charge in [0.2, 0.25) is 0 Å². The van der Waals surface area contributed by atoms with Crippen molar-refractivity contribution in [1.82, 2.24) is 9.80 Å². The Kier molecular flexibility index (Phi) is 5.72. The van der Waals surface area contributed by atoms with Crippen molar-refractivity contribution in [2.45, 2.75) is 65.0 Å². The summed E-state index contributed by atoms with van der Waals surface area (Å²) in [6, 6.07) is 0.362. The van der Waals surface area contributed by atoms with E-state index >= 15 is 0 Å². The van der Waals surface area contributed by atoms with Gasteiger partial charge in [0.25, 0.3) is 0 Å². The molecule has 1 saturated heterocycles. The van der Waals surface area contributed by atoms with E-state index in [1.807, 2.05) is 0 Å². The van der Waals surface area contributed by atoms with Gasteiger partial charge in [-0.3, -0.25) is 0 Å². The number of likely N-dealkylation sites (N-methyl/N-ethyl adjacent to an activating group) is 1.